The second-order valence-electron chi connectivity index (χ2n) is 4.71. The number of rotatable bonds is 4. The molecule has 3 rings (SSSR count). The molecular formula is C17H15FN2O. The molecule has 2 N–H and O–H groups in total. The quantitative estimate of drug-likeness (QED) is 0.797. The fourth-order valence-electron chi connectivity index (χ4n) is 2.24. The van der Waals surface area contributed by atoms with Gasteiger partial charge in [0.15, 0.2) is 0 Å². The van der Waals surface area contributed by atoms with E-state index in [-0.39, 0.29) is 12.4 Å². The Hall–Kier alpha value is -2.46. The number of nitrogens with two attached hydrogens (primary N) is 1. The Morgan fingerprint density at radius 3 is 2.57 bits per heavy atom. The molecule has 0 aliphatic heterocycles. The van der Waals surface area contributed by atoms with Crippen LogP contribution in [0.3, 0.4) is 0 Å². The van der Waals surface area contributed by atoms with E-state index in [4.69, 9.17) is 10.5 Å². The minimum atomic E-state index is -0.273. The molecule has 4 heteroatoms. The number of fused-ring (bicyclic) bond motifs is 1. The summed E-state index contributed by atoms with van der Waals surface area (Å²) in [6, 6.07) is 14.2. The van der Waals surface area contributed by atoms with Gasteiger partial charge in [-0.2, -0.15) is 0 Å². The first-order valence-corrected chi connectivity index (χ1v) is 6.72. The highest BCUT2D eigenvalue weighted by molar-refractivity contribution is 5.86. The Bertz CT molecular complexity index is 774. The van der Waals surface area contributed by atoms with E-state index in [1.807, 2.05) is 24.3 Å². The molecule has 0 spiro atoms. The van der Waals surface area contributed by atoms with Gasteiger partial charge in [0.1, 0.15) is 18.2 Å². The van der Waals surface area contributed by atoms with Crippen molar-refractivity contribution >= 4 is 10.9 Å². The highest BCUT2D eigenvalue weighted by Crippen LogP contribution is 2.29. The van der Waals surface area contributed by atoms with E-state index in [1.165, 1.54) is 6.07 Å². The summed E-state index contributed by atoms with van der Waals surface area (Å²) in [4.78, 5) is 4.35. The minimum absolute atomic E-state index is 0.160. The van der Waals surface area contributed by atoms with Crippen molar-refractivity contribution in [3.63, 3.8) is 0 Å². The molecule has 0 unspecified atom stereocenters. The summed E-state index contributed by atoms with van der Waals surface area (Å²) in [5.41, 5.74) is 7.90. The third-order valence-corrected chi connectivity index (χ3v) is 3.35. The Morgan fingerprint density at radius 1 is 1.00 bits per heavy atom. The zero-order chi connectivity index (χ0) is 14.7. The molecule has 3 nitrogen and oxygen atoms in total. The smallest absolute Gasteiger partial charge is 0.135 e. The molecular weight excluding hydrogens is 267 g/mol. The third-order valence-electron chi connectivity index (χ3n) is 3.35. The van der Waals surface area contributed by atoms with Crippen LogP contribution in [0, 0.1) is 5.82 Å². The van der Waals surface area contributed by atoms with Gasteiger partial charge < -0.3 is 10.5 Å². The number of para-hydroxylation sites is 1. The van der Waals surface area contributed by atoms with Crippen molar-refractivity contribution in [2.24, 2.45) is 5.73 Å². The molecule has 0 aliphatic rings. The molecule has 3 aromatic rings. The van der Waals surface area contributed by atoms with E-state index in [0.717, 1.165) is 16.5 Å². The van der Waals surface area contributed by atoms with E-state index < -0.39 is 0 Å². The lowest BCUT2D eigenvalue weighted by Gasteiger charge is -2.13. The lowest BCUT2D eigenvalue weighted by Crippen LogP contribution is -2.05. The van der Waals surface area contributed by atoms with Gasteiger partial charge in [-0.3, -0.25) is 4.98 Å². The van der Waals surface area contributed by atoms with Crippen molar-refractivity contribution < 1.29 is 9.13 Å². The number of hydrogen-bond donors (Lipinski definition) is 1. The molecule has 0 saturated carbocycles. The second kappa shape index (κ2) is 5.89. The van der Waals surface area contributed by atoms with Gasteiger partial charge in [-0.1, -0.05) is 30.3 Å². The number of nitrogens with zero attached hydrogens (tertiary/aromatic N) is 1. The van der Waals surface area contributed by atoms with Crippen LogP contribution in [0.25, 0.3) is 10.9 Å². The van der Waals surface area contributed by atoms with Crippen LogP contribution in [0.5, 0.6) is 5.75 Å². The van der Waals surface area contributed by atoms with Gasteiger partial charge in [-0.05, 0) is 18.2 Å². The molecule has 0 radical (unpaired) electrons. The fourth-order valence-corrected chi connectivity index (χ4v) is 2.24. The first kappa shape index (κ1) is 13.5. The largest absolute Gasteiger partial charge is 0.488 e. The molecule has 0 atom stereocenters. The molecule has 0 bridgehead atoms. The lowest BCUT2D eigenvalue weighted by atomic mass is 10.1. The van der Waals surface area contributed by atoms with Crippen LogP contribution in [-0.2, 0) is 13.2 Å². The number of hydrogen-bond acceptors (Lipinski definition) is 3. The van der Waals surface area contributed by atoms with Crippen molar-refractivity contribution in [1.82, 2.24) is 4.98 Å². The molecule has 106 valence electrons. The number of pyridine rings is 1. The molecule has 0 fully saturated rings. The molecule has 1 heterocycles. The van der Waals surface area contributed by atoms with Crippen LogP contribution < -0.4 is 10.5 Å². The van der Waals surface area contributed by atoms with E-state index in [2.05, 4.69) is 4.98 Å². The van der Waals surface area contributed by atoms with E-state index >= 15 is 0 Å². The zero-order valence-electron chi connectivity index (χ0n) is 11.4. The van der Waals surface area contributed by atoms with Crippen molar-refractivity contribution in [3.8, 4) is 5.75 Å². The highest BCUT2D eigenvalue weighted by Gasteiger charge is 2.10. The summed E-state index contributed by atoms with van der Waals surface area (Å²) in [6.07, 6.45) is 1.71. The summed E-state index contributed by atoms with van der Waals surface area (Å²) in [7, 11) is 0. The molecule has 1 aromatic heterocycles. The summed E-state index contributed by atoms with van der Waals surface area (Å²) < 4.78 is 19.5. The fraction of sp³-hybridized carbons (Fsp3) is 0.118. The van der Waals surface area contributed by atoms with Gasteiger partial charge in [0.2, 0.25) is 0 Å². The van der Waals surface area contributed by atoms with Gasteiger partial charge in [-0.15, -0.1) is 0 Å². The van der Waals surface area contributed by atoms with Gasteiger partial charge >= 0.3 is 0 Å². The van der Waals surface area contributed by atoms with Gasteiger partial charge in [0, 0.05) is 29.3 Å². The maximum atomic E-state index is 13.7. The maximum absolute atomic E-state index is 13.7. The van der Waals surface area contributed by atoms with Crippen molar-refractivity contribution in [2.75, 3.05) is 0 Å². The van der Waals surface area contributed by atoms with Crippen molar-refractivity contribution in [3.05, 3.63) is 71.7 Å². The molecule has 0 saturated heterocycles. The van der Waals surface area contributed by atoms with E-state index in [1.54, 1.807) is 24.4 Å². The predicted molar refractivity (Wildman–Crippen MR) is 80.4 cm³/mol. The van der Waals surface area contributed by atoms with Crippen LogP contribution >= 0.6 is 0 Å². The Kier molecular flexibility index (Phi) is 3.79. The topological polar surface area (TPSA) is 48.1 Å². The van der Waals surface area contributed by atoms with Crippen LogP contribution in [-0.4, -0.2) is 4.98 Å². The van der Waals surface area contributed by atoms with Crippen LogP contribution in [0.2, 0.25) is 0 Å². The van der Waals surface area contributed by atoms with Gasteiger partial charge in [0.05, 0.1) is 5.52 Å². The summed E-state index contributed by atoms with van der Waals surface area (Å²) in [5.74, 6) is 0.400. The summed E-state index contributed by atoms with van der Waals surface area (Å²) in [6.45, 7) is 0.484. The van der Waals surface area contributed by atoms with E-state index in [0.29, 0.717) is 17.9 Å². The number of ether oxygens (including phenoxy) is 1. The standard InChI is InChI=1S/C17H15FN2O/c18-15-7-3-1-5-12(15)11-21-17-13(9-19)10-20-16-8-4-2-6-14(16)17/h1-8,10H,9,11,19H2. The number of benzene rings is 2. The zero-order valence-corrected chi connectivity index (χ0v) is 11.4. The van der Waals surface area contributed by atoms with Crippen molar-refractivity contribution in [1.29, 1.82) is 0 Å². The summed E-state index contributed by atoms with van der Waals surface area (Å²) >= 11 is 0. The Morgan fingerprint density at radius 2 is 1.76 bits per heavy atom. The second-order valence-corrected chi connectivity index (χ2v) is 4.71. The molecule has 2 aromatic carbocycles. The monoisotopic (exact) mass is 282 g/mol. The normalized spacial score (nSPS) is 10.8. The van der Waals surface area contributed by atoms with Gasteiger partial charge in [0.25, 0.3) is 0 Å². The van der Waals surface area contributed by atoms with Crippen molar-refractivity contribution in [2.45, 2.75) is 13.2 Å². The van der Waals surface area contributed by atoms with Crippen LogP contribution in [0.4, 0.5) is 4.39 Å². The first-order valence-electron chi connectivity index (χ1n) is 6.72. The maximum Gasteiger partial charge on any atom is 0.135 e. The molecule has 21 heavy (non-hydrogen) atoms. The van der Waals surface area contributed by atoms with Gasteiger partial charge in [-0.25, -0.2) is 4.39 Å². The first-order chi connectivity index (χ1) is 10.3. The lowest BCUT2D eigenvalue weighted by molar-refractivity contribution is 0.300. The van der Waals surface area contributed by atoms with Crippen LogP contribution in [0.15, 0.2) is 54.7 Å². The number of aromatic nitrogens is 1. The minimum Gasteiger partial charge on any atom is -0.488 e. The van der Waals surface area contributed by atoms with Crippen LogP contribution in [0.1, 0.15) is 11.1 Å². The molecule has 0 aliphatic carbocycles. The molecule has 0 amide bonds. The number of halogens is 1. The van der Waals surface area contributed by atoms with E-state index in [9.17, 15) is 4.39 Å². The highest BCUT2D eigenvalue weighted by atomic mass is 19.1. The average Bonchev–Trinajstić information content (AvgIpc) is 2.53. The summed E-state index contributed by atoms with van der Waals surface area (Å²) in [5, 5.41) is 0.886. The Balaban J connectivity index is 1.97. The predicted octanol–water partition coefficient (Wildman–Crippen LogP) is 3.41. The average molecular weight is 282 g/mol. The SMILES string of the molecule is NCc1cnc2ccccc2c1OCc1ccccc1F. The Labute approximate surface area is 122 Å². The third kappa shape index (κ3) is 2.71.